The maximum atomic E-state index is 11.9. The maximum Gasteiger partial charge on any atom is 0.252 e. The van der Waals surface area contributed by atoms with Crippen LogP contribution in [0.15, 0.2) is 60.7 Å². The molecule has 0 heterocycles. The van der Waals surface area contributed by atoms with Crippen molar-refractivity contribution in [3.63, 3.8) is 0 Å². The van der Waals surface area contributed by atoms with Crippen LogP contribution in [0.1, 0.15) is 11.1 Å². The number of carbonyl (C=O) groups is 2. The Morgan fingerprint density at radius 1 is 0.692 bits per heavy atom. The first kappa shape index (κ1) is 19.6. The Hall–Kier alpha value is -2.70. The summed E-state index contributed by atoms with van der Waals surface area (Å²) in [4.78, 5) is 23.7. The molecule has 0 aliphatic heterocycles. The van der Waals surface area contributed by atoms with E-state index in [-0.39, 0.29) is 0 Å². The molecule has 2 aromatic rings. The van der Waals surface area contributed by atoms with Crippen LogP contribution in [-0.2, 0) is 22.4 Å². The number of carbonyl (C=O) groups excluding carboxylic acids is 2. The second-order valence-electron chi connectivity index (χ2n) is 5.94. The first-order valence-corrected chi connectivity index (χ1v) is 8.57. The summed E-state index contributed by atoms with van der Waals surface area (Å²) >= 11 is 0. The summed E-state index contributed by atoms with van der Waals surface area (Å²) in [6.07, 6.45) is -2.41. The van der Waals surface area contributed by atoms with Crippen molar-refractivity contribution in [2.75, 3.05) is 13.1 Å². The average molecular weight is 356 g/mol. The first-order chi connectivity index (χ1) is 12.6. The van der Waals surface area contributed by atoms with Gasteiger partial charge in [-0.05, 0) is 24.0 Å². The monoisotopic (exact) mass is 356 g/mol. The predicted molar refractivity (Wildman–Crippen MR) is 98.3 cm³/mol. The molecule has 2 amide bonds. The molecule has 0 radical (unpaired) electrons. The van der Waals surface area contributed by atoms with Gasteiger partial charge in [0, 0.05) is 13.1 Å². The van der Waals surface area contributed by atoms with E-state index in [1.807, 2.05) is 60.7 Å². The van der Waals surface area contributed by atoms with Gasteiger partial charge in [0.05, 0.1) is 0 Å². The Bertz CT molecular complexity index is 630. The van der Waals surface area contributed by atoms with E-state index in [1.165, 1.54) is 0 Å². The number of nitrogens with one attached hydrogen (secondary N) is 2. The predicted octanol–water partition coefficient (Wildman–Crippen LogP) is 0.426. The molecule has 0 bridgehead atoms. The Balaban J connectivity index is 1.69. The Labute approximate surface area is 152 Å². The van der Waals surface area contributed by atoms with Crippen molar-refractivity contribution < 1.29 is 19.8 Å². The number of amides is 2. The van der Waals surface area contributed by atoms with E-state index in [9.17, 15) is 19.8 Å². The van der Waals surface area contributed by atoms with E-state index < -0.39 is 24.0 Å². The third-order valence-electron chi connectivity index (χ3n) is 3.95. The van der Waals surface area contributed by atoms with Crippen molar-refractivity contribution in [2.24, 2.45) is 0 Å². The molecule has 0 fully saturated rings. The fraction of sp³-hybridized carbons (Fsp3) is 0.300. The molecular weight excluding hydrogens is 332 g/mol. The summed E-state index contributed by atoms with van der Waals surface area (Å²) in [5.74, 6) is -1.54. The molecule has 6 nitrogen and oxygen atoms in total. The number of hydrogen-bond donors (Lipinski definition) is 4. The van der Waals surface area contributed by atoms with Gasteiger partial charge in [0.2, 0.25) is 0 Å². The summed E-state index contributed by atoms with van der Waals surface area (Å²) in [6, 6.07) is 19.1. The Morgan fingerprint density at radius 2 is 1.04 bits per heavy atom. The van der Waals surface area contributed by atoms with Crippen molar-refractivity contribution in [2.45, 2.75) is 25.0 Å². The van der Waals surface area contributed by atoms with Crippen LogP contribution in [0.2, 0.25) is 0 Å². The molecule has 0 saturated heterocycles. The maximum absolute atomic E-state index is 11.9. The van der Waals surface area contributed by atoms with Gasteiger partial charge in [0.15, 0.2) is 12.2 Å². The highest BCUT2D eigenvalue weighted by Gasteiger charge is 2.29. The molecule has 2 atom stereocenters. The van der Waals surface area contributed by atoms with Gasteiger partial charge in [-0.3, -0.25) is 9.59 Å². The minimum atomic E-state index is -1.80. The van der Waals surface area contributed by atoms with Crippen LogP contribution in [-0.4, -0.2) is 47.3 Å². The van der Waals surface area contributed by atoms with Gasteiger partial charge in [-0.15, -0.1) is 0 Å². The van der Waals surface area contributed by atoms with Crippen molar-refractivity contribution >= 4 is 11.8 Å². The standard InChI is InChI=1S/C20H24N2O4/c23-17(19(25)21-13-11-15-7-3-1-4-8-15)18(24)20(26)22-14-12-16-9-5-2-6-10-16/h1-10,17-18,23-24H,11-14H2,(H,21,25)(H,22,26)/t17-,18+. The summed E-state index contributed by atoms with van der Waals surface area (Å²) in [6.45, 7) is 0.616. The van der Waals surface area contributed by atoms with E-state index in [1.54, 1.807) is 0 Å². The van der Waals surface area contributed by atoms with E-state index in [0.717, 1.165) is 11.1 Å². The van der Waals surface area contributed by atoms with Gasteiger partial charge in [-0.25, -0.2) is 0 Å². The van der Waals surface area contributed by atoms with Crippen molar-refractivity contribution in [3.05, 3.63) is 71.8 Å². The lowest BCUT2D eigenvalue weighted by Gasteiger charge is -2.17. The summed E-state index contributed by atoms with van der Waals surface area (Å²) < 4.78 is 0. The highest BCUT2D eigenvalue weighted by molar-refractivity contribution is 5.90. The molecule has 138 valence electrons. The van der Waals surface area contributed by atoms with Crippen LogP contribution in [0.3, 0.4) is 0 Å². The molecule has 0 aromatic heterocycles. The SMILES string of the molecule is O=C(NCCc1ccccc1)[C@@H](O)[C@@H](O)C(=O)NCCc1ccccc1. The fourth-order valence-corrected chi connectivity index (χ4v) is 2.45. The van der Waals surface area contributed by atoms with Gasteiger partial charge < -0.3 is 20.8 Å². The van der Waals surface area contributed by atoms with Crippen LogP contribution in [0.5, 0.6) is 0 Å². The highest BCUT2D eigenvalue weighted by atomic mass is 16.3. The summed E-state index contributed by atoms with van der Waals surface area (Å²) in [7, 11) is 0. The van der Waals surface area contributed by atoms with Gasteiger partial charge in [-0.1, -0.05) is 60.7 Å². The number of aliphatic hydroxyl groups is 2. The zero-order chi connectivity index (χ0) is 18.8. The Kier molecular flexibility index (Phi) is 7.79. The molecule has 4 N–H and O–H groups in total. The molecule has 0 aliphatic carbocycles. The molecule has 0 aliphatic rings. The van der Waals surface area contributed by atoms with E-state index in [2.05, 4.69) is 10.6 Å². The molecule has 0 saturated carbocycles. The largest absolute Gasteiger partial charge is 0.380 e. The number of benzene rings is 2. The minimum absolute atomic E-state index is 0.308. The van der Waals surface area contributed by atoms with Gasteiger partial charge >= 0.3 is 0 Å². The summed E-state index contributed by atoms with van der Waals surface area (Å²) in [5, 5.41) is 24.7. The van der Waals surface area contributed by atoms with Crippen molar-refractivity contribution in [3.8, 4) is 0 Å². The summed E-state index contributed by atoms with van der Waals surface area (Å²) in [5.41, 5.74) is 2.09. The number of aliphatic hydroxyl groups excluding tert-OH is 2. The van der Waals surface area contributed by atoms with Crippen LogP contribution in [0.25, 0.3) is 0 Å². The molecule has 0 spiro atoms. The lowest BCUT2D eigenvalue weighted by Crippen LogP contribution is -2.50. The minimum Gasteiger partial charge on any atom is -0.380 e. The van der Waals surface area contributed by atoms with Crippen LogP contribution in [0, 0.1) is 0 Å². The second kappa shape index (κ2) is 10.3. The average Bonchev–Trinajstić information content (AvgIpc) is 2.68. The zero-order valence-electron chi connectivity index (χ0n) is 14.5. The van der Waals surface area contributed by atoms with Crippen LogP contribution < -0.4 is 10.6 Å². The third-order valence-corrected chi connectivity index (χ3v) is 3.95. The molecule has 2 aromatic carbocycles. The van der Waals surface area contributed by atoms with Crippen molar-refractivity contribution in [1.29, 1.82) is 0 Å². The van der Waals surface area contributed by atoms with Gasteiger partial charge in [0.25, 0.3) is 11.8 Å². The smallest absolute Gasteiger partial charge is 0.252 e. The fourth-order valence-electron chi connectivity index (χ4n) is 2.45. The lowest BCUT2D eigenvalue weighted by molar-refractivity contribution is -0.146. The quantitative estimate of drug-likeness (QED) is 0.524. The van der Waals surface area contributed by atoms with E-state index in [4.69, 9.17) is 0 Å². The molecule has 6 heteroatoms. The molecule has 0 unspecified atom stereocenters. The molecule has 2 rings (SSSR count). The number of rotatable bonds is 9. The van der Waals surface area contributed by atoms with Crippen molar-refractivity contribution in [1.82, 2.24) is 10.6 Å². The van der Waals surface area contributed by atoms with Crippen LogP contribution >= 0.6 is 0 Å². The van der Waals surface area contributed by atoms with E-state index >= 15 is 0 Å². The normalized spacial score (nSPS) is 12.8. The molecule has 26 heavy (non-hydrogen) atoms. The Morgan fingerprint density at radius 3 is 1.38 bits per heavy atom. The third kappa shape index (κ3) is 6.31. The zero-order valence-corrected chi connectivity index (χ0v) is 14.5. The van der Waals surface area contributed by atoms with Gasteiger partial charge in [-0.2, -0.15) is 0 Å². The lowest BCUT2D eigenvalue weighted by atomic mass is 10.1. The first-order valence-electron chi connectivity index (χ1n) is 8.57. The highest BCUT2D eigenvalue weighted by Crippen LogP contribution is 2.01. The molecular formula is C20H24N2O4. The van der Waals surface area contributed by atoms with E-state index in [0.29, 0.717) is 25.9 Å². The second-order valence-corrected chi connectivity index (χ2v) is 5.94. The topological polar surface area (TPSA) is 98.7 Å². The van der Waals surface area contributed by atoms with Gasteiger partial charge in [0.1, 0.15) is 0 Å². The van der Waals surface area contributed by atoms with Crippen LogP contribution in [0.4, 0.5) is 0 Å². The number of hydrogen-bond acceptors (Lipinski definition) is 4.